The Bertz CT molecular complexity index is 1440. The SMILES string of the molecule is Cc1ccc2c(c1)Cc1c(nc(-c3ccccc3)nc1SCC(=O)Nc1cccc(C(=O)O)c1)O2. The van der Waals surface area contributed by atoms with Crippen LogP contribution in [0.25, 0.3) is 11.4 Å². The monoisotopic (exact) mass is 483 g/mol. The molecule has 1 aliphatic rings. The van der Waals surface area contributed by atoms with Gasteiger partial charge in [0.05, 0.1) is 16.9 Å². The number of carboxylic acid groups (broad SMARTS) is 1. The molecule has 0 atom stereocenters. The molecule has 5 rings (SSSR count). The van der Waals surface area contributed by atoms with Gasteiger partial charge in [-0.05, 0) is 36.8 Å². The predicted octanol–water partition coefficient (Wildman–Crippen LogP) is 5.58. The Kier molecular flexibility index (Phi) is 6.20. The molecule has 8 heteroatoms. The van der Waals surface area contributed by atoms with Gasteiger partial charge in [0.25, 0.3) is 0 Å². The highest BCUT2D eigenvalue weighted by Crippen LogP contribution is 2.40. The molecule has 3 aromatic carbocycles. The van der Waals surface area contributed by atoms with Crippen LogP contribution in [0.3, 0.4) is 0 Å². The minimum Gasteiger partial charge on any atom is -0.478 e. The zero-order chi connectivity index (χ0) is 24.4. The molecule has 0 bridgehead atoms. The number of rotatable bonds is 6. The van der Waals surface area contributed by atoms with E-state index in [-0.39, 0.29) is 17.2 Å². The number of nitrogens with zero attached hydrogens (tertiary/aromatic N) is 2. The Hall–Kier alpha value is -4.17. The first-order valence-electron chi connectivity index (χ1n) is 11.0. The lowest BCUT2D eigenvalue weighted by atomic mass is 10.0. The highest BCUT2D eigenvalue weighted by Gasteiger charge is 2.25. The van der Waals surface area contributed by atoms with Gasteiger partial charge in [-0.15, -0.1) is 0 Å². The lowest BCUT2D eigenvalue weighted by Gasteiger charge is -2.22. The number of aryl methyl sites for hydroxylation is 1. The molecule has 1 amide bonds. The summed E-state index contributed by atoms with van der Waals surface area (Å²) in [5, 5.41) is 12.6. The molecule has 0 radical (unpaired) electrons. The molecule has 0 spiro atoms. The van der Waals surface area contributed by atoms with Crippen LogP contribution in [-0.4, -0.2) is 32.7 Å². The van der Waals surface area contributed by atoms with E-state index in [9.17, 15) is 14.7 Å². The molecule has 0 unspecified atom stereocenters. The topological polar surface area (TPSA) is 101 Å². The summed E-state index contributed by atoms with van der Waals surface area (Å²) in [4.78, 5) is 33.3. The Morgan fingerprint density at radius 2 is 1.86 bits per heavy atom. The van der Waals surface area contributed by atoms with Gasteiger partial charge in [-0.25, -0.2) is 9.78 Å². The number of carbonyl (C=O) groups is 2. The van der Waals surface area contributed by atoms with Crippen LogP contribution < -0.4 is 10.1 Å². The molecule has 7 nitrogen and oxygen atoms in total. The molecule has 0 saturated carbocycles. The summed E-state index contributed by atoms with van der Waals surface area (Å²) in [7, 11) is 0. The van der Waals surface area contributed by atoms with Crippen molar-refractivity contribution in [2.45, 2.75) is 18.4 Å². The summed E-state index contributed by atoms with van der Waals surface area (Å²) in [5.74, 6) is 0.568. The van der Waals surface area contributed by atoms with Crippen LogP contribution in [0.1, 0.15) is 27.0 Å². The van der Waals surface area contributed by atoms with Crippen LogP contribution in [0.15, 0.2) is 77.8 Å². The maximum absolute atomic E-state index is 12.7. The van der Waals surface area contributed by atoms with Crippen molar-refractivity contribution in [3.8, 4) is 23.0 Å². The first-order chi connectivity index (χ1) is 17.0. The van der Waals surface area contributed by atoms with Crippen molar-refractivity contribution in [3.63, 3.8) is 0 Å². The van der Waals surface area contributed by atoms with Crippen LogP contribution in [0, 0.1) is 6.92 Å². The molecule has 1 aliphatic heterocycles. The standard InChI is InChI=1S/C27H21N3O4S/c1-16-10-11-22-19(12-16)14-21-25(34-22)29-24(17-6-3-2-4-7-17)30-26(21)35-15-23(31)28-20-9-5-8-18(13-20)27(32)33/h2-13H,14-15H2,1H3,(H,28,31)(H,32,33). The molecule has 2 N–H and O–H groups in total. The molecule has 0 saturated heterocycles. The lowest BCUT2D eigenvalue weighted by molar-refractivity contribution is -0.113. The highest BCUT2D eigenvalue weighted by molar-refractivity contribution is 8.00. The fourth-order valence-corrected chi connectivity index (χ4v) is 4.64. The molecule has 0 aliphatic carbocycles. The average Bonchev–Trinajstić information content (AvgIpc) is 2.86. The predicted molar refractivity (Wildman–Crippen MR) is 134 cm³/mol. The summed E-state index contributed by atoms with van der Waals surface area (Å²) >= 11 is 1.30. The van der Waals surface area contributed by atoms with Crippen molar-refractivity contribution in [2.75, 3.05) is 11.1 Å². The molecular formula is C27H21N3O4S. The third-order valence-corrected chi connectivity index (χ3v) is 6.50. The van der Waals surface area contributed by atoms with E-state index in [1.165, 1.54) is 23.9 Å². The molecule has 0 fully saturated rings. The number of benzene rings is 3. The van der Waals surface area contributed by atoms with Crippen molar-refractivity contribution in [3.05, 3.63) is 95.1 Å². The highest BCUT2D eigenvalue weighted by atomic mass is 32.2. The third kappa shape index (κ3) is 5.02. The van der Waals surface area contributed by atoms with Crippen molar-refractivity contribution in [1.29, 1.82) is 0 Å². The lowest BCUT2D eigenvalue weighted by Crippen LogP contribution is -2.15. The zero-order valence-electron chi connectivity index (χ0n) is 18.8. The van der Waals surface area contributed by atoms with Crippen LogP contribution in [0.2, 0.25) is 0 Å². The van der Waals surface area contributed by atoms with E-state index in [4.69, 9.17) is 9.72 Å². The van der Waals surface area contributed by atoms with E-state index in [1.54, 1.807) is 12.1 Å². The van der Waals surface area contributed by atoms with Gasteiger partial charge < -0.3 is 15.2 Å². The number of anilines is 1. The van der Waals surface area contributed by atoms with Crippen molar-refractivity contribution < 1.29 is 19.4 Å². The number of hydrogen-bond acceptors (Lipinski definition) is 6. The van der Waals surface area contributed by atoms with Gasteiger partial charge >= 0.3 is 5.97 Å². The van der Waals surface area contributed by atoms with Crippen molar-refractivity contribution in [1.82, 2.24) is 9.97 Å². The second kappa shape index (κ2) is 9.60. The van der Waals surface area contributed by atoms with Crippen LogP contribution in [0.4, 0.5) is 5.69 Å². The van der Waals surface area contributed by atoms with Gasteiger partial charge in [-0.3, -0.25) is 4.79 Å². The number of ether oxygens (including phenoxy) is 1. The summed E-state index contributed by atoms with van der Waals surface area (Å²) in [6.45, 7) is 2.03. The third-order valence-electron chi connectivity index (χ3n) is 5.49. The minimum atomic E-state index is -1.05. The number of nitrogens with one attached hydrogen (secondary N) is 1. The summed E-state index contributed by atoms with van der Waals surface area (Å²) < 4.78 is 6.15. The largest absolute Gasteiger partial charge is 0.478 e. The Balaban J connectivity index is 1.42. The number of carbonyl (C=O) groups excluding carboxylic acids is 1. The van der Waals surface area contributed by atoms with E-state index in [0.29, 0.717) is 28.8 Å². The number of carboxylic acids is 1. The minimum absolute atomic E-state index is 0.0929. The molecule has 35 heavy (non-hydrogen) atoms. The first kappa shape index (κ1) is 22.6. The molecule has 2 heterocycles. The average molecular weight is 484 g/mol. The van der Waals surface area contributed by atoms with Gasteiger partial charge in [0.1, 0.15) is 10.8 Å². The number of thioether (sulfide) groups is 1. The van der Waals surface area contributed by atoms with E-state index in [2.05, 4.69) is 16.4 Å². The number of aromatic carboxylic acids is 1. The maximum Gasteiger partial charge on any atom is 0.335 e. The van der Waals surface area contributed by atoms with E-state index in [1.807, 2.05) is 49.4 Å². The van der Waals surface area contributed by atoms with Gasteiger partial charge in [-0.1, -0.05) is 65.9 Å². The quantitative estimate of drug-likeness (QED) is 0.240. The Morgan fingerprint density at radius 1 is 1.03 bits per heavy atom. The van der Waals surface area contributed by atoms with E-state index < -0.39 is 5.97 Å². The Labute approximate surface area is 206 Å². The van der Waals surface area contributed by atoms with E-state index in [0.717, 1.165) is 28.0 Å². The zero-order valence-corrected chi connectivity index (χ0v) is 19.6. The maximum atomic E-state index is 12.7. The van der Waals surface area contributed by atoms with Crippen LogP contribution in [0.5, 0.6) is 11.6 Å². The Morgan fingerprint density at radius 3 is 2.66 bits per heavy atom. The second-order valence-corrected chi connectivity index (χ2v) is 9.08. The van der Waals surface area contributed by atoms with Crippen LogP contribution in [-0.2, 0) is 11.2 Å². The molecular weight excluding hydrogens is 462 g/mol. The van der Waals surface area contributed by atoms with Gasteiger partial charge in [0.15, 0.2) is 5.82 Å². The molecule has 1 aromatic heterocycles. The summed E-state index contributed by atoms with van der Waals surface area (Å²) in [5.41, 5.74) is 4.41. The van der Waals surface area contributed by atoms with Crippen LogP contribution >= 0.6 is 11.8 Å². The number of amides is 1. The van der Waals surface area contributed by atoms with Gasteiger partial charge in [-0.2, -0.15) is 4.98 Å². The van der Waals surface area contributed by atoms with E-state index >= 15 is 0 Å². The fourth-order valence-electron chi connectivity index (χ4n) is 3.82. The second-order valence-electron chi connectivity index (χ2n) is 8.11. The number of aromatic nitrogens is 2. The summed E-state index contributed by atoms with van der Waals surface area (Å²) in [6, 6.07) is 21.8. The van der Waals surface area contributed by atoms with Crippen molar-refractivity contribution >= 4 is 29.3 Å². The normalized spacial score (nSPS) is 11.7. The summed E-state index contributed by atoms with van der Waals surface area (Å²) in [6.07, 6.45) is 0.603. The molecule has 174 valence electrons. The fraction of sp³-hybridized carbons (Fsp3) is 0.111. The number of fused-ring (bicyclic) bond motifs is 2. The van der Waals surface area contributed by atoms with Gasteiger partial charge in [0.2, 0.25) is 11.8 Å². The molecule has 4 aromatic rings. The first-order valence-corrected chi connectivity index (χ1v) is 11.9. The van der Waals surface area contributed by atoms with Gasteiger partial charge in [0, 0.05) is 17.7 Å². The van der Waals surface area contributed by atoms with Crippen molar-refractivity contribution in [2.24, 2.45) is 0 Å². The number of hydrogen-bond donors (Lipinski definition) is 2. The smallest absolute Gasteiger partial charge is 0.335 e.